The molecule has 3 rings (SSSR count). The number of ketones is 1. The Hall–Kier alpha value is -2.74. The lowest BCUT2D eigenvalue weighted by molar-refractivity contribution is -0.143. The van der Waals surface area contributed by atoms with Gasteiger partial charge in [-0.25, -0.2) is 9.69 Å². The van der Waals surface area contributed by atoms with Crippen molar-refractivity contribution in [3.8, 4) is 0 Å². The number of carbonyl (C=O) groups excluding carboxylic acids is 4. The molecule has 0 radical (unpaired) electrons. The molecule has 0 saturated carbocycles. The number of carbonyl (C=O) groups is 4. The highest BCUT2D eigenvalue weighted by Crippen LogP contribution is 2.20. The molecule has 2 aromatic rings. The van der Waals surface area contributed by atoms with E-state index in [0.29, 0.717) is 5.56 Å². The molecule has 7 nitrogen and oxygen atoms in total. The Morgan fingerprint density at radius 2 is 1.81 bits per heavy atom. The van der Waals surface area contributed by atoms with Gasteiger partial charge in [-0.05, 0) is 44.7 Å². The highest BCUT2D eigenvalue weighted by atomic mass is 32.1. The third-order valence-corrected chi connectivity index (χ3v) is 5.73. The Morgan fingerprint density at radius 1 is 1.11 bits per heavy atom. The average Bonchev–Trinajstić information content (AvgIpc) is 3.30. The zero-order valence-electron chi connectivity index (χ0n) is 15.5. The maximum atomic E-state index is 12.7. The molecule has 0 unspecified atom stereocenters. The molecule has 8 heteroatoms. The number of hydrogen-bond acceptors (Lipinski definition) is 5. The van der Waals surface area contributed by atoms with Gasteiger partial charge in [0, 0.05) is 34.9 Å². The van der Waals surface area contributed by atoms with Crippen LogP contribution in [0.4, 0.5) is 4.79 Å². The quantitative estimate of drug-likeness (QED) is 0.415. The summed E-state index contributed by atoms with van der Waals surface area (Å²) in [5, 5.41) is 2.03. The van der Waals surface area contributed by atoms with Gasteiger partial charge in [0.15, 0.2) is 5.78 Å². The minimum Gasteiger partial charge on any atom is -0.348 e. The van der Waals surface area contributed by atoms with Crippen LogP contribution in [-0.4, -0.2) is 51.1 Å². The highest BCUT2D eigenvalue weighted by Gasteiger charge is 2.44. The maximum absolute atomic E-state index is 12.7. The molecule has 0 aromatic carbocycles. The summed E-state index contributed by atoms with van der Waals surface area (Å²) in [7, 11) is 0. The van der Waals surface area contributed by atoms with E-state index in [1.54, 1.807) is 24.3 Å². The molecular weight excluding hydrogens is 366 g/mol. The van der Waals surface area contributed by atoms with Gasteiger partial charge in [-0.2, -0.15) is 0 Å². The standard InChI is InChI=1S/C19H21N3O4S/c1-4-20-17(24)18(25)22(19(20)26)11-16(23)15-10-12(2)21(13(15)3)8-7-14-6-5-9-27-14/h5-6,9-10H,4,7-8,11H2,1-3H3. The van der Waals surface area contributed by atoms with Crippen molar-refractivity contribution in [1.82, 2.24) is 14.4 Å². The first-order chi connectivity index (χ1) is 12.8. The molecule has 2 aromatic heterocycles. The van der Waals surface area contributed by atoms with Gasteiger partial charge in [-0.3, -0.25) is 19.3 Å². The predicted octanol–water partition coefficient (Wildman–Crippen LogP) is 2.40. The lowest BCUT2D eigenvalue weighted by atomic mass is 10.1. The second-order valence-electron chi connectivity index (χ2n) is 6.41. The fraction of sp³-hybridized carbons (Fsp3) is 0.368. The number of urea groups is 1. The molecule has 3 heterocycles. The summed E-state index contributed by atoms with van der Waals surface area (Å²) in [4.78, 5) is 51.5. The number of aromatic nitrogens is 1. The zero-order chi connectivity index (χ0) is 19.7. The van der Waals surface area contributed by atoms with Crippen molar-refractivity contribution >= 4 is 35.0 Å². The monoisotopic (exact) mass is 387 g/mol. The third kappa shape index (κ3) is 3.44. The van der Waals surface area contributed by atoms with Crippen LogP contribution in [0.15, 0.2) is 23.6 Å². The third-order valence-electron chi connectivity index (χ3n) is 4.79. The first-order valence-corrected chi connectivity index (χ1v) is 9.62. The molecular formula is C19H21N3O4S. The van der Waals surface area contributed by atoms with Crippen molar-refractivity contribution in [2.75, 3.05) is 13.1 Å². The van der Waals surface area contributed by atoms with Gasteiger partial charge in [0.2, 0.25) is 0 Å². The van der Waals surface area contributed by atoms with E-state index in [9.17, 15) is 19.2 Å². The van der Waals surface area contributed by atoms with Crippen molar-refractivity contribution in [1.29, 1.82) is 0 Å². The minimum absolute atomic E-state index is 0.103. The molecule has 142 valence electrons. The summed E-state index contributed by atoms with van der Waals surface area (Å²) in [5.41, 5.74) is 2.21. The summed E-state index contributed by atoms with van der Waals surface area (Å²) in [6.07, 6.45) is 0.866. The summed E-state index contributed by atoms with van der Waals surface area (Å²) in [6.45, 7) is 5.81. The Bertz CT molecular complexity index is 914. The summed E-state index contributed by atoms with van der Waals surface area (Å²) in [5.74, 6) is -2.17. The van der Waals surface area contributed by atoms with Crippen molar-refractivity contribution in [2.45, 2.75) is 33.7 Å². The molecule has 0 atom stereocenters. The minimum atomic E-state index is -0.943. The first-order valence-electron chi connectivity index (χ1n) is 8.74. The maximum Gasteiger partial charge on any atom is 0.334 e. The number of likely N-dealkylation sites (N-methyl/N-ethyl adjacent to an activating group) is 1. The Balaban J connectivity index is 1.75. The molecule has 0 N–H and O–H groups in total. The van der Waals surface area contributed by atoms with Gasteiger partial charge in [-0.1, -0.05) is 6.07 Å². The van der Waals surface area contributed by atoms with Gasteiger partial charge in [0.05, 0.1) is 6.54 Å². The van der Waals surface area contributed by atoms with Crippen LogP contribution in [0.25, 0.3) is 0 Å². The number of aryl methyl sites for hydroxylation is 2. The number of amides is 4. The second-order valence-corrected chi connectivity index (χ2v) is 7.44. The van der Waals surface area contributed by atoms with Crippen molar-refractivity contribution < 1.29 is 19.2 Å². The smallest absolute Gasteiger partial charge is 0.334 e. The van der Waals surface area contributed by atoms with Crippen LogP contribution in [-0.2, 0) is 22.6 Å². The molecule has 4 amide bonds. The zero-order valence-corrected chi connectivity index (χ0v) is 16.3. The predicted molar refractivity (Wildman–Crippen MR) is 101 cm³/mol. The van der Waals surface area contributed by atoms with E-state index in [1.165, 1.54) is 4.88 Å². The number of imide groups is 2. The molecule has 0 bridgehead atoms. The Kier molecular flexibility index (Phi) is 5.27. The van der Waals surface area contributed by atoms with Crippen LogP contribution < -0.4 is 0 Å². The lowest BCUT2D eigenvalue weighted by Gasteiger charge is -2.13. The molecule has 0 aliphatic carbocycles. The second kappa shape index (κ2) is 7.48. The van der Waals surface area contributed by atoms with Gasteiger partial charge in [0.1, 0.15) is 0 Å². The molecule has 27 heavy (non-hydrogen) atoms. The number of Topliss-reactive ketones (excluding diaryl/α,β-unsaturated/α-hetero) is 1. The topological polar surface area (TPSA) is 79.7 Å². The summed E-state index contributed by atoms with van der Waals surface area (Å²) >= 11 is 1.69. The SMILES string of the molecule is CCN1C(=O)C(=O)N(CC(=O)c2cc(C)n(CCc3cccs3)c2C)C1=O. The molecule has 1 saturated heterocycles. The fourth-order valence-corrected chi connectivity index (χ4v) is 4.00. The molecule has 1 fully saturated rings. The first kappa shape index (κ1) is 19.0. The van der Waals surface area contributed by atoms with Crippen molar-refractivity contribution in [3.63, 3.8) is 0 Å². The summed E-state index contributed by atoms with van der Waals surface area (Å²) in [6, 6.07) is 5.13. The van der Waals surface area contributed by atoms with E-state index in [4.69, 9.17) is 0 Å². The number of hydrogen-bond donors (Lipinski definition) is 0. The lowest BCUT2D eigenvalue weighted by Crippen LogP contribution is -2.37. The molecule has 1 aliphatic heterocycles. The van der Waals surface area contributed by atoms with E-state index >= 15 is 0 Å². The van der Waals surface area contributed by atoms with Gasteiger partial charge in [-0.15, -0.1) is 11.3 Å². The van der Waals surface area contributed by atoms with Gasteiger partial charge in [0.25, 0.3) is 0 Å². The van der Waals surface area contributed by atoms with E-state index in [-0.39, 0.29) is 12.3 Å². The van der Waals surface area contributed by atoms with Crippen LogP contribution in [0.1, 0.15) is 33.5 Å². The van der Waals surface area contributed by atoms with Crippen LogP contribution in [0.2, 0.25) is 0 Å². The summed E-state index contributed by atoms with van der Waals surface area (Å²) < 4.78 is 2.06. The molecule has 1 aliphatic rings. The van der Waals surface area contributed by atoms with E-state index < -0.39 is 24.4 Å². The Labute approximate surface area is 161 Å². The van der Waals surface area contributed by atoms with Gasteiger partial charge >= 0.3 is 17.8 Å². The normalized spacial score (nSPS) is 14.6. The number of nitrogens with zero attached hydrogens (tertiary/aromatic N) is 3. The van der Waals surface area contributed by atoms with E-state index in [1.807, 2.05) is 25.3 Å². The van der Waals surface area contributed by atoms with Gasteiger partial charge < -0.3 is 4.57 Å². The highest BCUT2D eigenvalue weighted by molar-refractivity contribution is 7.09. The Morgan fingerprint density at radius 3 is 2.41 bits per heavy atom. The fourth-order valence-electron chi connectivity index (χ4n) is 3.30. The largest absolute Gasteiger partial charge is 0.348 e. The van der Waals surface area contributed by atoms with E-state index in [2.05, 4.69) is 10.6 Å². The van der Waals surface area contributed by atoms with Crippen LogP contribution in [0.5, 0.6) is 0 Å². The van der Waals surface area contributed by atoms with E-state index in [0.717, 1.165) is 34.2 Å². The van der Waals surface area contributed by atoms with Crippen molar-refractivity contribution in [3.05, 3.63) is 45.4 Å². The number of thiophene rings is 1. The molecule has 0 spiro atoms. The van der Waals surface area contributed by atoms with Crippen LogP contribution in [0.3, 0.4) is 0 Å². The van der Waals surface area contributed by atoms with Crippen LogP contribution in [0, 0.1) is 13.8 Å². The van der Waals surface area contributed by atoms with Crippen molar-refractivity contribution in [2.24, 2.45) is 0 Å². The number of rotatable bonds is 7. The average molecular weight is 387 g/mol. The van der Waals surface area contributed by atoms with Crippen LogP contribution >= 0.6 is 11.3 Å².